The quantitative estimate of drug-likeness (QED) is 0.596. The number of nitrogens with one attached hydrogen (secondary N) is 1. The molecule has 1 aromatic heterocycles. The molecule has 0 saturated carbocycles. The molecule has 0 spiro atoms. The van der Waals surface area contributed by atoms with Gasteiger partial charge in [0.05, 0.1) is 18.8 Å². The maximum Gasteiger partial charge on any atom is 0.134 e. The zero-order chi connectivity index (χ0) is 18.5. The fraction of sp³-hybridized carbons (Fsp3) is 0.273. The summed E-state index contributed by atoms with van der Waals surface area (Å²) < 4.78 is 5.90. The molecule has 0 aliphatic carbocycles. The Morgan fingerprint density at radius 2 is 1.54 bits per heavy atom. The Balaban J connectivity index is 1.60. The summed E-state index contributed by atoms with van der Waals surface area (Å²) in [5.41, 5.74) is 2.75. The van der Waals surface area contributed by atoms with Crippen molar-refractivity contribution in [3.05, 3.63) is 83.6 Å². The largest absolute Gasteiger partial charge is 0.460 e. The maximum atomic E-state index is 10.4. The predicted molar refractivity (Wildman–Crippen MR) is 102 cm³/mol. The van der Waals surface area contributed by atoms with Gasteiger partial charge in [-0.3, -0.25) is 0 Å². The fourth-order valence-electron chi connectivity index (χ4n) is 2.87. The van der Waals surface area contributed by atoms with Crippen LogP contribution in [-0.2, 0) is 6.54 Å². The van der Waals surface area contributed by atoms with Gasteiger partial charge in [-0.15, -0.1) is 0 Å². The molecule has 4 nitrogen and oxygen atoms in total. The predicted octanol–water partition coefficient (Wildman–Crippen LogP) is 4.21. The number of furan rings is 1. The van der Waals surface area contributed by atoms with Crippen molar-refractivity contribution in [1.29, 1.82) is 0 Å². The van der Waals surface area contributed by atoms with E-state index in [1.165, 1.54) is 0 Å². The minimum absolute atomic E-state index is 0.101. The molecule has 1 heterocycles. The second-order valence-electron chi connectivity index (χ2n) is 6.59. The van der Waals surface area contributed by atoms with E-state index in [0.717, 1.165) is 28.2 Å². The molecule has 3 aromatic rings. The van der Waals surface area contributed by atoms with Crippen molar-refractivity contribution in [1.82, 2.24) is 5.32 Å². The summed E-state index contributed by atoms with van der Waals surface area (Å²) in [7, 11) is 0. The van der Waals surface area contributed by atoms with Gasteiger partial charge in [-0.25, -0.2) is 0 Å². The third-order valence-corrected chi connectivity index (χ3v) is 4.55. The second kappa shape index (κ2) is 8.32. The van der Waals surface area contributed by atoms with Crippen LogP contribution in [0.3, 0.4) is 0 Å². The molecule has 3 rings (SSSR count). The summed E-state index contributed by atoms with van der Waals surface area (Å²) in [6.45, 7) is 4.24. The van der Waals surface area contributed by atoms with Gasteiger partial charge >= 0.3 is 0 Å². The summed E-state index contributed by atoms with van der Waals surface area (Å²) in [6, 6.07) is 21.1. The number of aliphatic hydroxyl groups excluding tert-OH is 2. The number of benzene rings is 2. The minimum Gasteiger partial charge on any atom is -0.460 e. The van der Waals surface area contributed by atoms with Crippen LogP contribution in [0, 0.1) is 0 Å². The first-order chi connectivity index (χ1) is 12.5. The van der Waals surface area contributed by atoms with Gasteiger partial charge < -0.3 is 19.9 Å². The lowest BCUT2D eigenvalue weighted by molar-refractivity contribution is 0.134. The van der Waals surface area contributed by atoms with Gasteiger partial charge in [-0.1, -0.05) is 54.6 Å². The van der Waals surface area contributed by atoms with Crippen molar-refractivity contribution in [2.75, 3.05) is 0 Å². The van der Waals surface area contributed by atoms with Gasteiger partial charge in [0.25, 0.3) is 0 Å². The number of aliphatic hydroxyl groups is 2. The van der Waals surface area contributed by atoms with Crippen LogP contribution < -0.4 is 5.32 Å². The molecule has 0 aliphatic heterocycles. The molecule has 0 fully saturated rings. The molecule has 0 saturated heterocycles. The Morgan fingerprint density at radius 1 is 0.846 bits per heavy atom. The summed E-state index contributed by atoms with van der Waals surface area (Å²) in [5.74, 6) is 1.60. The van der Waals surface area contributed by atoms with Crippen LogP contribution in [0.4, 0.5) is 0 Å². The molecule has 4 heteroatoms. The molecule has 136 valence electrons. The van der Waals surface area contributed by atoms with Crippen molar-refractivity contribution < 1.29 is 14.6 Å². The van der Waals surface area contributed by atoms with Crippen LogP contribution in [0.5, 0.6) is 0 Å². The van der Waals surface area contributed by atoms with E-state index in [-0.39, 0.29) is 6.04 Å². The van der Waals surface area contributed by atoms with E-state index in [1.54, 1.807) is 6.92 Å². The molecule has 0 radical (unpaired) electrons. The Labute approximate surface area is 154 Å². The molecule has 2 aromatic carbocycles. The van der Waals surface area contributed by atoms with Crippen molar-refractivity contribution in [2.24, 2.45) is 0 Å². The Kier molecular flexibility index (Phi) is 5.89. The lowest BCUT2D eigenvalue weighted by Gasteiger charge is -2.20. The first-order valence-electron chi connectivity index (χ1n) is 8.88. The summed E-state index contributed by atoms with van der Waals surface area (Å²) in [6.07, 6.45) is -1.04. The van der Waals surface area contributed by atoms with Crippen LogP contribution in [0.2, 0.25) is 0 Å². The first-order valence-corrected chi connectivity index (χ1v) is 8.88. The summed E-state index contributed by atoms with van der Waals surface area (Å²) in [4.78, 5) is 0. The third kappa shape index (κ3) is 4.41. The highest BCUT2D eigenvalue weighted by molar-refractivity contribution is 5.58. The Hall–Kier alpha value is -2.40. The van der Waals surface area contributed by atoms with Gasteiger partial charge in [0.1, 0.15) is 11.5 Å². The van der Waals surface area contributed by atoms with E-state index >= 15 is 0 Å². The average Bonchev–Trinajstić information content (AvgIpc) is 3.15. The van der Waals surface area contributed by atoms with E-state index in [0.29, 0.717) is 6.54 Å². The number of hydrogen-bond donors (Lipinski definition) is 3. The van der Waals surface area contributed by atoms with E-state index in [1.807, 2.05) is 73.7 Å². The molecule has 26 heavy (non-hydrogen) atoms. The summed E-state index contributed by atoms with van der Waals surface area (Å²) >= 11 is 0. The molecule has 3 N–H and O–H groups in total. The average molecular weight is 351 g/mol. The van der Waals surface area contributed by atoms with Crippen molar-refractivity contribution in [2.45, 2.75) is 38.6 Å². The second-order valence-corrected chi connectivity index (χ2v) is 6.59. The smallest absolute Gasteiger partial charge is 0.134 e. The highest BCUT2D eigenvalue weighted by atomic mass is 16.3. The molecular weight excluding hydrogens is 326 g/mol. The Bertz CT molecular complexity index is 809. The standard InChI is InChI=1S/C22H25NO3/c1-15(22(25)19-6-4-3-5-7-19)23-14-20-12-13-21(26-20)18-10-8-17(9-11-18)16(2)24/h3-13,15-16,22-25H,14H2,1-2H3/t15-,16+,22+/m1/s1. The van der Waals surface area contributed by atoms with Crippen LogP contribution in [0.1, 0.15) is 42.9 Å². The maximum absolute atomic E-state index is 10.4. The van der Waals surface area contributed by atoms with Gasteiger partial charge in [-0.2, -0.15) is 0 Å². The Morgan fingerprint density at radius 3 is 2.19 bits per heavy atom. The first kappa shape index (κ1) is 18.4. The van der Waals surface area contributed by atoms with Gasteiger partial charge in [0.15, 0.2) is 0 Å². The third-order valence-electron chi connectivity index (χ3n) is 4.55. The molecule has 0 unspecified atom stereocenters. The van der Waals surface area contributed by atoms with Gasteiger partial charge in [0, 0.05) is 11.6 Å². The molecular formula is C22H25NO3. The van der Waals surface area contributed by atoms with Crippen molar-refractivity contribution in [3.8, 4) is 11.3 Å². The lowest BCUT2D eigenvalue weighted by Crippen LogP contribution is -2.31. The number of rotatable bonds is 7. The lowest BCUT2D eigenvalue weighted by atomic mass is 10.0. The van der Waals surface area contributed by atoms with Gasteiger partial charge in [0.2, 0.25) is 0 Å². The van der Waals surface area contributed by atoms with Crippen LogP contribution in [0.25, 0.3) is 11.3 Å². The van der Waals surface area contributed by atoms with Gasteiger partial charge in [-0.05, 0) is 37.1 Å². The van der Waals surface area contributed by atoms with E-state index in [2.05, 4.69) is 5.32 Å². The van der Waals surface area contributed by atoms with E-state index < -0.39 is 12.2 Å². The van der Waals surface area contributed by atoms with Crippen molar-refractivity contribution >= 4 is 0 Å². The summed E-state index contributed by atoms with van der Waals surface area (Å²) in [5, 5.41) is 23.3. The van der Waals surface area contributed by atoms with Crippen LogP contribution >= 0.6 is 0 Å². The highest BCUT2D eigenvalue weighted by Crippen LogP contribution is 2.24. The number of hydrogen-bond acceptors (Lipinski definition) is 4. The SMILES string of the molecule is C[C@H](O)c1ccc(-c2ccc(CN[C@H](C)[C@H](O)c3ccccc3)o2)cc1. The molecule has 0 amide bonds. The zero-order valence-electron chi connectivity index (χ0n) is 15.1. The molecule has 0 aliphatic rings. The van der Waals surface area contributed by atoms with Crippen molar-refractivity contribution in [3.63, 3.8) is 0 Å². The van der Waals surface area contributed by atoms with E-state index in [9.17, 15) is 10.2 Å². The minimum atomic E-state index is -0.571. The molecule has 0 bridgehead atoms. The van der Waals surface area contributed by atoms with E-state index in [4.69, 9.17) is 4.42 Å². The van der Waals surface area contributed by atoms with Crippen LogP contribution in [0.15, 0.2) is 71.1 Å². The monoisotopic (exact) mass is 351 g/mol. The van der Waals surface area contributed by atoms with Crippen LogP contribution in [-0.4, -0.2) is 16.3 Å². The zero-order valence-corrected chi connectivity index (χ0v) is 15.1. The normalized spacial score (nSPS) is 14.8. The topological polar surface area (TPSA) is 65.6 Å². The highest BCUT2D eigenvalue weighted by Gasteiger charge is 2.16. The fourth-order valence-corrected chi connectivity index (χ4v) is 2.87. The molecule has 3 atom stereocenters.